The van der Waals surface area contributed by atoms with Crippen LogP contribution in [0.2, 0.25) is 10.0 Å². The van der Waals surface area contributed by atoms with E-state index in [0.717, 1.165) is 11.1 Å². The Bertz CT molecular complexity index is 749. The fraction of sp³-hybridized carbons (Fsp3) is 0.350. The van der Waals surface area contributed by atoms with Crippen molar-refractivity contribution in [3.05, 3.63) is 69.7 Å². The van der Waals surface area contributed by atoms with Gasteiger partial charge in [-0.1, -0.05) is 59.6 Å². The zero-order valence-electron chi connectivity index (χ0n) is 14.6. The summed E-state index contributed by atoms with van der Waals surface area (Å²) in [4.78, 5) is 15.0. The van der Waals surface area contributed by atoms with E-state index in [1.165, 1.54) is 0 Å². The second-order valence-electron chi connectivity index (χ2n) is 6.34. The van der Waals surface area contributed by atoms with Gasteiger partial charge in [0.1, 0.15) is 6.04 Å². The van der Waals surface area contributed by atoms with Crippen LogP contribution in [0, 0.1) is 0 Å². The Hall–Kier alpha value is -1.59. The number of carbonyl (C=O) groups is 1. The average molecular weight is 393 g/mol. The molecule has 2 aromatic rings. The highest BCUT2D eigenvalue weighted by molar-refractivity contribution is 6.35. The summed E-state index contributed by atoms with van der Waals surface area (Å²) in [5, 5.41) is 4.63. The van der Waals surface area contributed by atoms with E-state index in [-0.39, 0.29) is 11.9 Å². The van der Waals surface area contributed by atoms with E-state index in [9.17, 15) is 4.79 Å². The molecule has 2 aromatic carbocycles. The number of hydrogen-bond donors (Lipinski definition) is 1. The molecule has 26 heavy (non-hydrogen) atoms. The van der Waals surface area contributed by atoms with Gasteiger partial charge in [-0.15, -0.1) is 0 Å². The first-order chi connectivity index (χ1) is 12.6. The van der Waals surface area contributed by atoms with Gasteiger partial charge in [0.2, 0.25) is 5.91 Å². The van der Waals surface area contributed by atoms with Crippen molar-refractivity contribution in [2.75, 3.05) is 26.3 Å². The molecule has 1 aliphatic rings. The lowest BCUT2D eigenvalue weighted by Crippen LogP contribution is -2.46. The predicted molar refractivity (Wildman–Crippen MR) is 105 cm³/mol. The lowest BCUT2D eigenvalue weighted by atomic mass is 10.0. The first-order valence-corrected chi connectivity index (χ1v) is 9.44. The van der Waals surface area contributed by atoms with Gasteiger partial charge in [-0.2, -0.15) is 0 Å². The molecule has 4 nitrogen and oxygen atoms in total. The van der Waals surface area contributed by atoms with Crippen LogP contribution in [0.5, 0.6) is 0 Å². The molecule has 0 bridgehead atoms. The fourth-order valence-corrected chi connectivity index (χ4v) is 3.69. The standard InChI is InChI=1S/C20H22Cl2N2O2/c1-14(17-8-7-16(21)13-18(17)22)23-19(15-5-3-2-4-6-15)20(25)24-9-11-26-12-10-24/h2-8,13-14,19,23H,9-12H2,1H3. The van der Waals surface area contributed by atoms with Crippen LogP contribution in [0.25, 0.3) is 0 Å². The van der Waals surface area contributed by atoms with E-state index in [2.05, 4.69) is 5.32 Å². The van der Waals surface area contributed by atoms with E-state index in [4.69, 9.17) is 27.9 Å². The molecule has 0 spiro atoms. The number of benzene rings is 2. The van der Waals surface area contributed by atoms with Crippen LogP contribution in [0.4, 0.5) is 0 Å². The van der Waals surface area contributed by atoms with Gasteiger partial charge < -0.3 is 9.64 Å². The smallest absolute Gasteiger partial charge is 0.244 e. The van der Waals surface area contributed by atoms with Crippen LogP contribution < -0.4 is 5.32 Å². The summed E-state index contributed by atoms with van der Waals surface area (Å²) in [5.74, 6) is 0.0523. The van der Waals surface area contributed by atoms with E-state index in [1.54, 1.807) is 6.07 Å². The minimum absolute atomic E-state index is 0.0523. The van der Waals surface area contributed by atoms with Crippen LogP contribution in [0.15, 0.2) is 48.5 Å². The topological polar surface area (TPSA) is 41.6 Å². The average Bonchev–Trinajstić information content (AvgIpc) is 2.67. The van der Waals surface area contributed by atoms with Gasteiger partial charge in [-0.05, 0) is 30.2 Å². The molecule has 1 fully saturated rings. The number of morpholine rings is 1. The van der Waals surface area contributed by atoms with Crippen LogP contribution in [0.1, 0.15) is 30.1 Å². The second-order valence-corrected chi connectivity index (χ2v) is 7.18. The Morgan fingerprint density at radius 3 is 2.46 bits per heavy atom. The lowest BCUT2D eigenvalue weighted by Gasteiger charge is -2.32. The number of nitrogens with one attached hydrogen (secondary N) is 1. The van der Waals surface area contributed by atoms with Gasteiger partial charge >= 0.3 is 0 Å². The van der Waals surface area contributed by atoms with Gasteiger partial charge in [0, 0.05) is 29.2 Å². The van der Waals surface area contributed by atoms with Crippen molar-refractivity contribution in [3.8, 4) is 0 Å². The molecule has 0 aliphatic carbocycles. The van der Waals surface area contributed by atoms with Crippen molar-refractivity contribution in [2.24, 2.45) is 0 Å². The summed E-state index contributed by atoms with van der Waals surface area (Å²) >= 11 is 12.3. The largest absolute Gasteiger partial charge is 0.378 e. The molecular weight excluding hydrogens is 371 g/mol. The minimum Gasteiger partial charge on any atom is -0.378 e. The summed E-state index contributed by atoms with van der Waals surface area (Å²) in [6.07, 6.45) is 0. The van der Waals surface area contributed by atoms with Gasteiger partial charge in [-0.25, -0.2) is 0 Å². The normalized spacial score (nSPS) is 17.0. The van der Waals surface area contributed by atoms with Crippen molar-refractivity contribution < 1.29 is 9.53 Å². The van der Waals surface area contributed by atoms with Crippen molar-refractivity contribution in [1.82, 2.24) is 10.2 Å². The lowest BCUT2D eigenvalue weighted by molar-refractivity contribution is -0.138. The number of carbonyl (C=O) groups excluding carboxylic acids is 1. The van der Waals surface area contributed by atoms with E-state index in [0.29, 0.717) is 36.3 Å². The molecule has 2 atom stereocenters. The van der Waals surface area contributed by atoms with Gasteiger partial charge in [0.25, 0.3) is 0 Å². The number of hydrogen-bond acceptors (Lipinski definition) is 3. The zero-order valence-corrected chi connectivity index (χ0v) is 16.1. The third kappa shape index (κ3) is 4.57. The van der Waals surface area contributed by atoms with Crippen molar-refractivity contribution >= 4 is 29.1 Å². The van der Waals surface area contributed by atoms with Crippen molar-refractivity contribution in [3.63, 3.8) is 0 Å². The highest BCUT2D eigenvalue weighted by Gasteiger charge is 2.28. The maximum absolute atomic E-state index is 13.2. The van der Waals surface area contributed by atoms with Crippen molar-refractivity contribution in [2.45, 2.75) is 19.0 Å². The maximum Gasteiger partial charge on any atom is 0.244 e. The Balaban J connectivity index is 1.84. The molecule has 0 radical (unpaired) electrons. The summed E-state index contributed by atoms with van der Waals surface area (Å²) in [5.41, 5.74) is 1.84. The molecule has 1 aliphatic heterocycles. The molecule has 1 saturated heterocycles. The molecule has 1 amide bonds. The maximum atomic E-state index is 13.2. The van der Waals surface area contributed by atoms with E-state index < -0.39 is 6.04 Å². The monoisotopic (exact) mass is 392 g/mol. The molecule has 138 valence electrons. The van der Waals surface area contributed by atoms with Gasteiger partial charge in [-0.3, -0.25) is 10.1 Å². The Kier molecular flexibility index (Phi) is 6.54. The number of amides is 1. The zero-order chi connectivity index (χ0) is 18.5. The third-order valence-corrected chi connectivity index (χ3v) is 5.11. The summed E-state index contributed by atoms with van der Waals surface area (Å²) in [6.45, 7) is 4.37. The number of rotatable bonds is 5. The Labute approximate surface area is 164 Å². The van der Waals surface area contributed by atoms with E-state index in [1.807, 2.05) is 54.3 Å². The first-order valence-electron chi connectivity index (χ1n) is 8.68. The first kappa shape index (κ1) is 19.2. The Morgan fingerprint density at radius 2 is 1.81 bits per heavy atom. The number of ether oxygens (including phenoxy) is 1. The van der Waals surface area contributed by atoms with Crippen LogP contribution in [-0.4, -0.2) is 37.1 Å². The third-order valence-electron chi connectivity index (χ3n) is 4.55. The molecule has 1 N–H and O–H groups in total. The quantitative estimate of drug-likeness (QED) is 0.826. The highest BCUT2D eigenvalue weighted by Crippen LogP contribution is 2.28. The highest BCUT2D eigenvalue weighted by atomic mass is 35.5. The second kappa shape index (κ2) is 8.87. The van der Waals surface area contributed by atoms with Crippen LogP contribution >= 0.6 is 23.2 Å². The summed E-state index contributed by atoms with van der Waals surface area (Å²) < 4.78 is 5.37. The van der Waals surface area contributed by atoms with Crippen LogP contribution in [0.3, 0.4) is 0 Å². The van der Waals surface area contributed by atoms with Gasteiger partial charge in [0.15, 0.2) is 0 Å². The summed E-state index contributed by atoms with van der Waals surface area (Å²) in [7, 11) is 0. The molecule has 2 unspecified atom stereocenters. The van der Waals surface area contributed by atoms with Crippen molar-refractivity contribution in [1.29, 1.82) is 0 Å². The molecule has 1 heterocycles. The molecule has 0 saturated carbocycles. The SMILES string of the molecule is CC(NC(C(=O)N1CCOCC1)c1ccccc1)c1ccc(Cl)cc1Cl. The number of nitrogens with zero attached hydrogens (tertiary/aromatic N) is 1. The predicted octanol–water partition coefficient (Wildman–Crippen LogP) is 4.24. The molecule has 6 heteroatoms. The minimum atomic E-state index is -0.448. The molecule has 0 aromatic heterocycles. The Morgan fingerprint density at radius 1 is 1.12 bits per heavy atom. The van der Waals surface area contributed by atoms with E-state index >= 15 is 0 Å². The molecular formula is C20H22Cl2N2O2. The van der Waals surface area contributed by atoms with Crippen LogP contribution in [-0.2, 0) is 9.53 Å². The van der Waals surface area contributed by atoms with Gasteiger partial charge in [0.05, 0.1) is 13.2 Å². The fourth-order valence-electron chi connectivity index (χ4n) is 3.11. The molecule has 3 rings (SSSR count). The summed E-state index contributed by atoms with van der Waals surface area (Å²) in [6, 6.07) is 14.6. The number of halogens is 2.